The number of carbonyl (C=O) groups excluding carboxylic acids is 3. The molecule has 0 radical (unpaired) electrons. The fraction of sp³-hybridized carbons (Fsp3) is 0.562. The Morgan fingerprint density at radius 2 is 1.71 bits per heavy atom. The minimum absolute atomic E-state index is 0.162. The first-order valence-corrected chi connectivity index (χ1v) is 7.14. The van der Waals surface area contributed by atoms with Crippen LogP contribution in [0.2, 0.25) is 0 Å². The van der Waals surface area contributed by atoms with Crippen molar-refractivity contribution < 1.29 is 23.9 Å². The van der Waals surface area contributed by atoms with E-state index in [0.717, 1.165) is 6.29 Å². The van der Waals surface area contributed by atoms with Crippen LogP contribution < -0.4 is 0 Å². The molecule has 0 fully saturated rings. The number of unbranched alkanes of at least 4 members (excludes halogenated alkanes) is 1. The largest absolute Gasteiger partial charge is 0.465 e. The summed E-state index contributed by atoms with van der Waals surface area (Å²) in [5, 5.41) is 0. The molecule has 0 aromatic rings. The molecule has 21 heavy (non-hydrogen) atoms. The molecule has 0 aliphatic heterocycles. The van der Waals surface area contributed by atoms with Crippen LogP contribution in [-0.2, 0) is 23.9 Å². The number of hydrogen-bond acceptors (Lipinski definition) is 5. The Morgan fingerprint density at radius 1 is 1.14 bits per heavy atom. The summed E-state index contributed by atoms with van der Waals surface area (Å²) < 4.78 is 10.1. The molecule has 118 valence electrons. The SMILES string of the molecule is C=C/C=C/CC(CCCC=O)(C(=O)OCC)C(=O)OCC. The molecule has 0 aromatic carbocycles. The highest BCUT2D eigenvalue weighted by atomic mass is 16.6. The molecule has 0 aliphatic carbocycles. The summed E-state index contributed by atoms with van der Waals surface area (Å²) in [4.78, 5) is 35.1. The first kappa shape index (κ1) is 19.1. The summed E-state index contributed by atoms with van der Waals surface area (Å²) in [7, 11) is 0. The Balaban J connectivity index is 5.38. The molecular weight excluding hydrogens is 272 g/mol. The van der Waals surface area contributed by atoms with Gasteiger partial charge in [-0.25, -0.2) is 0 Å². The van der Waals surface area contributed by atoms with Gasteiger partial charge in [0.2, 0.25) is 0 Å². The smallest absolute Gasteiger partial charge is 0.323 e. The van der Waals surface area contributed by atoms with Gasteiger partial charge in [0.15, 0.2) is 5.41 Å². The monoisotopic (exact) mass is 296 g/mol. The van der Waals surface area contributed by atoms with Gasteiger partial charge in [-0.1, -0.05) is 24.8 Å². The lowest BCUT2D eigenvalue weighted by molar-refractivity contribution is -0.172. The van der Waals surface area contributed by atoms with E-state index in [4.69, 9.17) is 9.47 Å². The fourth-order valence-corrected chi connectivity index (χ4v) is 1.95. The van der Waals surface area contributed by atoms with Gasteiger partial charge < -0.3 is 14.3 Å². The second kappa shape index (κ2) is 10.8. The average Bonchev–Trinajstić information content (AvgIpc) is 2.46. The van der Waals surface area contributed by atoms with Crippen LogP contribution in [-0.4, -0.2) is 31.4 Å². The van der Waals surface area contributed by atoms with E-state index in [1.807, 2.05) is 0 Å². The number of ether oxygens (including phenoxy) is 2. The number of carbonyl (C=O) groups is 3. The Hall–Kier alpha value is -1.91. The van der Waals surface area contributed by atoms with E-state index < -0.39 is 17.4 Å². The molecular formula is C16H24O5. The molecule has 0 amide bonds. The summed E-state index contributed by atoms with van der Waals surface area (Å²) >= 11 is 0. The standard InChI is InChI=1S/C16H24O5/c1-4-7-8-11-16(12-9-10-13-17,14(18)20-5-2)15(19)21-6-3/h4,7-8,13H,1,5-6,9-12H2,2-3H3/b8-7+. The molecule has 5 heteroatoms. The topological polar surface area (TPSA) is 69.7 Å². The molecule has 0 rings (SSSR count). The molecule has 0 saturated carbocycles. The van der Waals surface area contributed by atoms with Gasteiger partial charge in [0, 0.05) is 6.42 Å². The summed E-state index contributed by atoms with van der Waals surface area (Å²) in [5.74, 6) is -1.22. The van der Waals surface area contributed by atoms with Crippen LogP contribution >= 0.6 is 0 Å². The van der Waals surface area contributed by atoms with Gasteiger partial charge in [0.1, 0.15) is 6.29 Å². The Labute approximate surface area is 126 Å². The van der Waals surface area contributed by atoms with Crippen LogP contribution in [0.4, 0.5) is 0 Å². The predicted octanol–water partition coefficient (Wildman–Crippen LogP) is 2.60. The van der Waals surface area contributed by atoms with Gasteiger partial charge in [-0.3, -0.25) is 9.59 Å². The van der Waals surface area contributed by atoms with E-state index in [0.29, 0.717) is 6.42 Å². The molecule has 0 atom stereocenters. The molecule has 0 spiro atoms. The molecule has 0 saturated heterocycles. The predicted molar refractivity (Wildman–Crippen MR) is 79.6 cm³/mol. The highest BCUT2D eigenvalue weighted by Crippen LogP contribution is 2.33. The molecule has 0 unspecified atom stereocenters. The third-order valence-electron chi connectivity index (χ3n) is 3.00. The third kappa shape index (κ3) is 5.94. The van der Waals surface area contributed by atoms with Crippen molar-refractivity contribution in [3.63, 3.8) is 0 Å². The first-order chi connectivity index (χ1) is 10.1. The number of esters is 2. The summed E-state index contributed by atoms with van der Waals surface area (Å²) in [5.41, 5.74) is -1.39. The second-order valence-electron chi connectivity index (χ2n) is 4.45. The maximum absolute atomic E-state index is 12.3. The molecule has 0 aliphatic rings. The minimum atomic E-state index is -1.39. The van der Waals surface area contributed by atoms with Crippen LogP contribution in [0.3, 0.4) is 0 Å². The zero-order valence-corrected chi connectivity index (χ0v) is 12.8. The Kier molecular flexibility index (Phi) is 9.84. The fourth-order valence-electron chi connectivity index (χ4n) is 1.95. The van der Waals surface area contributed by atoms with Crippen molar-refractivity contribution in [3.8, 4) is 0 Å². The summed E-state index contributed by atoms with van der Waals surface area (Å²) in [6.07, 6.45) is 6.75. The van der Waals surface area contributed by atoms with Gasteiger partial charge in [-0.2, -0.15) is 0 Å². The number of aldehydes is 1. The number of rotatable bonds is 11. The van der Waals surface area contributed by atoms with Crippen molar-refractivity contribution in [1.29, 1.82) is 0 Å². The third-order valence-corrected chi connectivity index (χ3v) is 3.00. The van der Waals surface area contributed by atoms with E-state index >= 15 is 0 Å². The molecule has 5 nitrogen and oxygen atoms in total. The molecule has 0 aromatic heterocycles. The number of allylic oxidation sites excluding steroid dienone is 3. The Morgan fingerprint density at radius 3 is 2.14 bits per heavy atom. The van der Waals surface area contributed by atoms with Crippen LogP contribution in [0.25, 0.3) is 0 Å². The molecule has 0 bridgehead atoms. The van der Waals surface area contributed by atoms with E-state index in [1.165, 1.54) is 0 Å². The van der Waals surface area contributed by atoms with Crippen LogP contribution in [0.15, 0.2) is 24.8 Å². The maximum atomic E-state index is 12.3. The van der Waals surface area contributed by atoms with Gasteiger partial charge >= 0.3 is 11.9 Å². The van der Waals surface area contributed by atoms with Gasteiger partial charge in [0.05, 0.1) is 13.2 Å². The lowest BCUT2D eigenvalue weighted by atomic mass is 9.79. The van der Waals surface area contributed by atoms with Crippen molar-refractivity contribution in [1.82, 2.24) is 0 Å². The van der Waals surface area contributed by atoms with Gasteiger partial charge in [0.25, 0.3) is 0 Å². The maximum Gasteiger partial charge on any atom is 0.323 e. The van der Waals surface area contributed by atoms with Crippen molar-refractivity contribution >= 4 is 18.2 Å². The van der Waals surface area contributed by atoms with E-state index in [2.05, 4.69) is 6.58 Å². The van der Waals surface area contributed by atoms with Gasteiger partial charge in [-0.05, 0) is 33.1 Å². The summed E-state index contributed by atoms with van der Waals surface area (Å²) in [6.45, 7) is 7.27. The normalized spacial score (nSPS) is 11.1. The average molecular weight is 296 g/mol. The van der Waals surface area contributed by atoms with E-state index in [-0.39, 0.29) is 32.5 Å². The first-order valence-electron chi connectivity index (χ1n) is 7.14. The summed E-state index contributed by atoms with van der Waals surface area (Å²) in [6, 6.07) is 0. The van der Waals surface area contributed by atoms with Gasteiger partial charge in [-0.15, -0.1) is 0 Å². The zero-order chi connectivity index (χ0) is 16.1. The van der Waals surface area contributed by atoms with Crippen LogP contribution in [0.5, 0.6) is 0 Å². The minimum Gasteiger partial charge on any atom is -0.465 e. The van der Waals surface area contributed by atoms with E-state index in [1.54, 1.807) is 32.1 Å². The second-order valence-corrected chi connectivity index (χ2v) is 4.45. The highest BCUT2D eigenvalue weighted by Gasteiger charge is 2.47. The van der Waals surface area contributed by atoms with Crippen molar-refractivity contribution in [2.45, 2.75) is 39.5 Å². The van der Waals surface area contributed by atoms with Crippen molar-refractivity contribution in [2.24, 2.45) is 5.41 Å². The number of hydrogen-bond donors (Lipinski definition) is 0. The lowest BCUT2D eigenvalue weighted by Crippen LogP contribution is -2.42. The quantitative estimate of drug-likeness (QED) is 0.193. The van der Waals surface area contributed by atoms with Crippen molar-refractivity contribution in [2.75, 3.05) is 13.2 Å². The van der Waals surface area contributed by atoms with Crippen LogP contribution in [0, 0.1) is 5.41 Å². The van der Waals surface area contributed by atoms with E-state index in [9.17, 15) is 14.4 Å². The highest BCUT2D eigenvalue weighted by molar-refractivity contribution is 6.00. The zero-order valence-electron chi connectivity index (χ0n) is 12.8. The lowest BCUT2D eigenvalue weighted by Gasteiger charge is -2.28. The Bertz CT molecular complexity index is 366. The molecule has 0 N–H and O–H groups in total. The molecule has 0 heterocycles. The van der Waals surface area contributed by atoms with Crippen molar-refractivity contribution in [3.05, 3.63) is 24.8 Å². The van der Waals surface area contributed by atoms with Crippen LogP contribution in [0.1, 0.15) is 39.5 Å².